The van der Waals surface area contributed by atoms with Crippen LogP contribution in [0, 0.1) is 11.7 Å². The Morgan fingerprint density at radius 1 is 1.08 bits per heavy atom. The zero-order valence-corrected chi connectivity index (χ0v) is 27.6. The van der Waals surface area contributed by atoms with Gasteiger partial charge in [-0.15, -0.1) is 0 Å². The lowest BCUT2D eigenvalue weighted by molar-refractivity contribution is -0.112. The number of aromatic hydroxyl groups is 2. The normalized spacial score (nSPS) is 22.5. The van der Waals surface area contributed by atoms with Gasteiger partial charge < -0.3 is 45.9 Å². The molecule has 1 aliphatic rings. The molecule has 0 unspecified atom stereocenters. The fraction of sp³-hybridized carbons (Fsp3) is 0.343. The van der Waals surface area contributed by atoms with Gasteiger partial charge in [-0.25, -0.2) is 9.18 Å². The quantitative estimate of drug-likeness (QED) is 0.142. The first-order chi connectivity index (χ1) is 22.7. The van der Waals surface area contributed by atoms with E-state index in [1.807, 2.05) is 0 Å². The fourth-order valence-electron chi connectivity index (χ4n) is 5.20. The van der Waals surface area contributed by atoms with Crippen molar-refractivity contribution in [3.8, 4) is 11.5 Å². The van der Waals surface area contributed by atoms with Crippen LogP contribution in [0.15, 0.2) is 71.4 Å². The number of aliphatic hydroxyl groups excluding tert-OH is 1. The van der Waals surface area contributed by atoms with E-state index in [9.17, 15) is 34.1 Å². The average molecular weight is 667 g/mol. The van der Waals surface area contributed by atoms with Crippen molar-refractivity contribution >= 4 is 35.4 Å². The summed E-state index contributed by atoms with van der Waals surface area (Å²) in [6.07, 6.45) is 3.19. The SMILES string of the molecule is CO[C@H]1C=CC=C(C)C(=O)Nc2cc(O)c(NC(=O)c3ccc([18F])cc3)c(c2O)C=C(C)C[C@H](OC)[C@H](O)[C@@H](C)C=C(C)[C@@H]1OC(N)=O. The van der Waals surface area contributed by atoms with Gasteiger partial charge in [-0.05, 0) is 63.1 Å². The van der Waals surface area contributed by atoms with E-state index in [4.69, 9.17) is 19.9 Å². The van der Waals surface area contributed by atoms with Crippen LogP contribution in [-0.2, 0) is 19.0 Å². The van der Waals surface area contributed by atoms with Crippen LogP contribution >= 0.6 is 0 Å². The highest BCUT2D eigenvalue weighted by Crippen LogP contribution is 2.42. The molecule has 1 aliphatic heterocycles. The molecule has 258 valence electrons. The van der Waals surface area contributed by atoms with E-state index in [0.717, 1.165) is 18.2 Å². The number of phenols is 2. The molecule has 0 fully saturated rings. The molecule has 0 saturated carbocycles. The molecule has 5 atom stereocenters. The second kappa shape index (κ2) is 16.7. The number of rotatable bonds is 5. The first-order valence-electron chi connectivity index (χ1n) is 15.0. The number of nitrogens with one attached hydrogen (secondary N) is 2. The molecule has 1 heterocycles. The molecule has 48 heavy (non-hydrogen) atoms. The molecule has 0 saturated heterocycles. The van der Waals surface area contributed by atoms with Gasteiger partial charge in [-0.3, -0.25) is 9.59 Å². The zero-order valence-electron chi connectivity index (χ0n) is 27.6. The standard InChI is InChI=1S/C35H42FN3O9/c1-18-14-24-29(39-34(44)22-10-12-23(36)13-11-22)26(40)17-25(31(24)42)38-33(43)19(2)8-7-9-27(46-5)32(48-35(37)45)21(4)16-20(3)30(41)28(15-18)47-6/h7-14,16-17,20,27-28,30,32,40-42H,15H2,1-6H3,(H2,37,45)(H,38,43)(H,39,44)/t20-,27-,28-,30+,32-/m0/s1/i36-1. The monoisotopic (exact) mass is 666 g/mol. The molecule has 2 bridgehead atoms. The molecule has 7 N–H and O–H groups in total. The summed E-state index contributed by atoms with van der Waals surface area (Å²) in [6, 6.07) is 5.82. The van der Waals surface area contributed by atoms with Crippen LogP contribution in [0.5, 0.6) is 11.5 Å². The van der Waals surface area contributed by atoms with Gasteiger partial charge >= 0.3 is 6.09 Å². The maximum absolute atomic E-state index is 13.5. The summed E-state index contributed by atoms with van der Waals surface area (Å²) in [6.45, 7) is 6.66. The number of benzene rings is 2. The molecular formula is C35H42FN3O9. The van der Waals surface area contributed by atoms with E-state index in [1.54, 1.807) is 32.9 Å². The number of nitrogens with two attached hydrogens (primary N) is 1. The molecule has 0 aromatic heterocycles. The van der Waals surface area contributed by atoms with E-state index in [2.05, 4.69) is 10.6 Å². The summed E-state index contributed by atoms with van der Waals surface area (Å²) in [5.74, 6) is -3.34. The zero-order chi connectivity index (χ0) is 35.7. The van der Waals surface area contributed by atoms with Crippen molar-refractivity contribution in [3.63, 3.8) is 0 Å². The van der Waals surface area contributed by atoms with Crippen LogP contribution < -0.4 is 16.4 Å². The molecule has 3 amide bonds. The summed E-state index contributed by atoms with van der Waals surface area (Å²) in [5, 5.41) is 38.9. The minimum Gasteiger partial charge on any atom is -0.506 e. The molecule has 12 nitrogen and oxygen atoms in total. The minimum absolute atomic E-state index is 0.0415. The van der Waals surface area contributed by atoms with E-state index < -0.39 is 65.6 Å². The smallest absolute Gasteiger partial charge is 0.405 e. The lowest BCUT2D eigenvalue weighted by Gasteiger charge is -2.28. The molecule has 13 heteroatoms. The van der Waals surface area contributed by atoms with Gasteiger partial charge in [-0.2, -0.15) is 0 Å². The highest BCUT2D eigenvalue weighted by molar-refractivity contribution is 6.09. The van der Waals surface area contributed by atoms with Crippen molar-refractivity contribution in [1.29, 1.82) is 0 Å². The van der Waals surface area contributed by atoms with Crippen molar-refractivity contribution in [2.45, 2.75) is 58.5 Å². The second-order valence-electron chi connectivity index (χ2n) is 11.5. The van der Waals surface area contributed by atoms with Crippen molar-refractivity contribution in [2.75, 3.05) is 24.9 Å². The topological polar surface area (TPSA) is 190 Å². The lowest BCUT2D eigenvalue weighted by Crippen LogP contribution is -2.36. The van der Waals surface area contributed by atoms with Gasteiger partial charge in [-0.1, -0.05) is 36.8 Å². The molecule has 2 aromatic rings. The maximum Gasteiger partial charge on any atom is 0.405 e. The van der Waals surface area contributed by atoms with Crippen LogP contribution in [-0.4, -0.2) is 71.9 Å². The van der Waals surface area contributed by atoms with E-state index in [-0.39, 0.29) is 34.5 Å². The van der Waals surface area contributed by atoms with Crippen LogP contribution in [0.25, 0.3) is 6.08 Å². The van der Waals surface area contributed by atoms with E-state index in [0.29, 0.717) is 11.1 Å². The Morgan fingerprint density at radius 2 is 1.75 bits per heavy atom. The highest BCUT2D eigenvalue weighted by atomic mass is 18.2. The number of anilines is 2. The summed E-state index contributed by atoms with van der Waals surface area (Å²) in [4.78, 5) is 38.0. The first-order valence-corrected chi connectivity index (χ1v) is 15.0. The van der Waals surface area contributed by atoms with Gasteiger partial charge in [0.1, 0.15) is 23.4 Å². The third kappa shape index (κ3) is 9.53. The van der Waals surface area contributed by atoms with Crippen LogP contribution in [0.1, 0.15) is 50.0 Å². The maximum atomic E-state index is 13.5. The van der Waals surface area contributed by atoms with E-state index >= 15 is 0 Å². The largest absolute Gasteiger partial charge is 0.506 e. The Kier molecular flexibility index (Phi) is 13.1. The predicted molar refractivity (Wildman–Crippen MR) is 179 cm³/mol. The Bertz CT molecular complexity index is 1630. The average Bonchev–Trinajstić information content (AvgIpc) is 3.04. The number of hydrogen-bond acceptors (Lipinski definition) is 9. The minimum atomic E-state index is -1.07. The van der Waals surface area contributed by atoms with Crippen molar-refractivity contribution in [2.24, 2.45) is 11.7 Å². The second-order valence-corrected chi connectivity index (χ2v) is 11.5. The molecule has 0 aliphatic carbocycles. The van der Waals surface area contributed by atoms with Gasteiger partial charge in [0, 0.05) is 42.9 Å². The number of methoxy groups -OCH3 is 2. The van der Waals surface area contributed by atoms with Crippen molar-refractivity contribution in [3.05, 3.63) is 88.3 Å². The number of aliphatic hydroxyl groups is 1. The molecule has 2 aromatic carbocycles. The third-order valence-corrected chi connectivity index (χ3v) is 7.84. The van der Waals surface area contributed by atoms with Gasteiger partial charge in [0.2, 0.25) is 0 Å². The number of carbonyl (C=O) groups excluding carboxylic acids is 3. The predicted octanol–water partition coefficient (Wildman–Crippen LogP) is 5.17. The number of primary amides is 1. The molecule has 0 spiro atoms. The van der Waals surface area contributed by atoms with Gasteiger partial charge in [0.15, 0.2) is 6.10 Å². The Balaban J connectivity index is 2.18. The Morgan fingerprint density at radius 3 is 2.35 bits per heavy atom. The summed E-state index contributed by atoms with van der Waals surface area (Å²) >= 11 is 0. The number of allylic oxidation sites excluding steroid dienone is 2. The summed E-state index contributed by atoms with van der Waals surface area (Å²) in [7, 11) is 2.83. The lowest BCUT2D eigenvalue weighted by atomic mass is 9.91. The van der Waals surface area contributed by atoms with Gasteiger partial charge in [0.25, 0.3) is 11.8 Å². The summed E-state index contributed by atoms with van der Waals surface area (Å²) < 4.78 is 30.0. The number of carbonyl (C=O) groups is 3. The number of fused-ring (bicyclic) bond motifs is 2. The van der Waals surface area contributed by atoms with Crippen molar-refractivity contribution < 1.29 is 48.3 Å². The fourth-order valence-corrected chi connectivity index (χ4v) is 5.20. The number of amides is 3. The number of phenolic OH excluding ortho intramolecular Hbond substituents is 2. The van der Waals surface area contributed by atoms with Gasteiger partial charge in [0.05, 0.1) is 23.6 Å². The third-order valence-electron chi connectivity index (χ3n) is 7.84. The molecule has 3 rings (SSSR count). The van der Waals surface area contributed by atoms with Crippen LogP contribution in [0.4, 0.5) is 20.6 Å². The molecular weight excluding hydrogens is 624 g/mol. The molecule has 0 radical (unpaired) electrons. The number of ether oxygens (including phenoxy) is 3. The summed E-state index contributed by atoms with van der Waals surface area (Å²) in [5.41, 5.74) is 6.34. The van der Waals surface area contributed by atoms with Crippen LogP contribution in [0.3, 0.4) is 0 Å². The number of halogens is 1. The Hall–Kier alpha value is -4.98. The first kappa shape index (κ1) is 37.5. The van der Waals surface area contributed by atoms with E-state index in [1.165, 1.54) is 51.5 Å². The Labute approximate surface area is 278 Å². The van der Waals surface area contributed by atoms with Crippen LogP contribution in [0.2, 0.25) is 0 Å². The number of hydrogen-bond donors (Lipinski definition) is 6. The van der Waals surface area contributed by atoms with Crippen molar-refractivity contribution in [1.82, 2.24) is 0 Å². The highest BCUT2D eigenvalue weighted by Gasteiger charge is 2.29.